The molecule has 1 N–H and O–H groups in total. The number of aliphatic hydroxyl groups excluding tert-OH is 1. The van der Waals surface area contributed by atoms with E-state index in [1.54, 1.807) is 35.6 Å². The van der Waals surface area contributed by atoms with Gasteiger partial charge in [-0.3, -0.25) is 4.79 Å². The van der Waals surface area contributed by atoms with Crippen LogP contribution in [0.5, 0.6) is 0 Å². The first-order valence-corrected chi connectivity index (χ1v) is 9.58. The molecule has 1 aromatic carbocycles. The van der Waals surface area contributed by atoms with Crippen LogP contribution in [0.25, 0.3) is 11.0 Å². The fraction of sp³-hybridized carbons (Fsp3) is 0.381. The number of para-hydroxylation sites is 1. The second kappa shape index (κ2) is 6.60. The zero-order valence-corrected chi connectivity index (χ0v) is 15.3. The van der Waals surface area contributed by atoms with Crippen LogP contribution >= 0.6 is 0 Å². The van der Waals surface area contributed by atoms with Gasteiger partial charge in [-0.25, -0.2) is 9.78 Å². The minimum atomic E-state index is -0.602. The van der Waals surface area contributed by atoms with E-state index in [4.69, 9.17) is 4.42 Å². The summed E-state index contributed by atoms with van der Waals surface area (Å²) >= 11 is 0. The molecule has 2 aromatic heterocycles. The fourth-order valence-electron chi connectivity index (χ4n) is 4.74. The zero-order chi connectivity index (χ0) is 19.3. The molecular weight excluding hydrogens is 358 g/mol. The number of hydrogen-bond donors (Lipinski definition) is 1. The number of likely N-dealkylation sites (tertiary alicyclic amines) is 1. The number of fused-ring (bicyclic) bond motifs is 2. The summed E-state index contributed by atoms with van der Waals surface area (Å²) in [6.07, 6.45) is 6.28. The summed E-state index contributed by atoms with van der Waals surface area (Å²) in [6, 6.07) is 8.77. The second-order valence-electron chi connectivity index (χ2n) is 7.83. The van der Waals surface area contributed by atoms with Crippen molar-refractivity contribution in [1.29, 1.82) is 0 Å². The number of nitrogens with zero attached hydrogens (tertiary/aromatic N) is 3. The van der Waals surface area contributed by atoms with Crippen LogP contribution in [-0.2, 0) is 0 Å². The van der Waals surface area contributed by atoms with Crippen LogP contribution in [0.15, 0.2) is 58.3 Å². The molecular formula is C21H21N3O4. The van der Waals surface area contributed by atoms with Gasteiger partial charge in [0.25, 0.3) is 5.91 Å². The van der Waals surface area contributed by atoms with Gasteiger partial charge in [0, 0.05) is 30.9 Å². The Kier molecular flexibility index (Phi) is 4.05. The van der Waals surface area contributed by atoms with Crippen molar-refractivity contribution < 1.29 is 14.3 Å². The van der Waals surface area contributed by atoms with Crippen molar-refractivity contribution in [3.8, 4) is 0 Å². The molecule has 2 aliphatic rings. The lowest BCUT2D eigenvalue weighted by Gasteiger charge is -2.35. The van der Waals surface area contributed by atoms with Gasteiger partial charge in [0.2, 0.25) is 0 Å². The van der Waals surface area contributed by atoms with Gasteiger partial charge < -0.3 is 19.0 Å². The van der Waals surface area contributed by atoms with Crippen molar-refractivity contribution in [2.45, 2.75) is 25.0 Å². The maximum Gasteiger partial charge on any atom is 0.349 e. The average molecular weight is 379 g/mol. The molecule has 1 saturated carbocycles. The molecule has 0 unspecified atom stereocenters. The Labute approximate surface area is 161 Å². The monoisotopic (exact) mass is 379 g/mol. The number of carbonyl (C=O) groups excluding carboxylic acids is 1. The Bertz CT molecular complexity index is 1070. The van der Waals surface area contributed by atoms with E-state index in [-0.39, 0.29) is 23.4 Å². The third-order valence-corrected chi connectivity index (χ3v) is 6.18. The summed E-state index contributed by atoms with van der Waals surface area (Å²) in [6.45, 7) is 1.15. The summed E-state index contributed by atoms with van der Waals surface area (Å²) in [5.74, 6) is 0.251. The molecule has 144 valence electrons. The van der Waals surface area contributed by atoms with Gasteiger partial charge in [0.1, 0.15) is 11.1 Å². The lowest BCUT2D eigenvalue weighted by Crippen LogP contribution is -2.35. The summed E-state index contributed by atoms with van der Waals surface area (Å²) in [4.78, 5) is 31.2. The SMILES string of the molecule is O=C(c1cc2ccccc2oc1=O)N1C[C@H]2C[C@@H](n3ccnc3)[C@H](O)C[C@H]2C1. The number of amides is 1. The summed E-state index contributed by atoms with van der Waals surface area (Å²) in [5, 5.41) is 11.3. The van der Waals surface area contributed by atoms with E-state index < -0.39 is 11.7 Å². The topological polar surface area (TPSA) is 88.6 Å². The molecule has 1 saturated heterocycles. The van der Waals surface area contributed by atoms with Gasteiger partial charge in [-0.05, 0) is 36.8 Å². The van der Waals surface area contributed by atoms with Gasteiger partial charge in [-0.15, -0.1) is 0 Å². The summed E-state index contributed by atoms with van der Waals surface area (Å²) in [7, 11) is 0. The van der Waals surface area contributed by atoms with E-state index >= 15 is 0 Å². The zero-order valence-electron chi connectivity index (χ0n) is 15.3. The highest BCUT2D eigenvalue weighted by Crippen LogP contribution is 2.41. The predicted octanol–water partition coefficient (Wildman–Crippen LogP) is 2.07. The summed E-state index contributed by atoms with van der Waals surface area (Å²) in [5.41, 5.74) is -0.0515. The van der Waals surface area contributed by atoms with Crippen molar-refractivity contribution in [3.63, 3.8) is 0 Å². The predicted molar refractivity (Wildman–Crippen MR) is 102 cm³/mol. The molecule has 5 rings (SSSR count). The third kappa shape index (κ3) is 2.82. The third-order valence-electron chi connectivity index (χ3n) is 6.18. The lowest BCUT2D eigenvalue weighted by molar-refractivity contribution is 0.0357. The standard InChI is InChI=1S/C21H21N3O4/c25-18-9-15-11-24(10-14(15)8-17(18)23-6-5-22-12-23)20(26)16-7-13-3-1-2-4-19(13)28-21(16)27/h1-7,12,14-15,17-18,25H,8-11H2/t14-,15+,17-,18-/m1/s1. The number of aromatic nitrogens is 2. The molecule has 1 aliphatic heterocycles. The van der Waals surface area contributed by atoms with Gasteiger partial charge >= 0.3 is 5.63 Å². The normalized spacial score (nSPS) is 27.1. The molecule has 7 heteroatoms. The van der Waals surface area contributed by atoms with E-state index in [9.17, 15) is 14.7 Å². The molecule has 0 radical (unpaired) electrons. The largest absolute Gasteiger partial charge is 0.422 e. The maximum atomic E-state index is 13.0. The Morgan fingerprint density at radius 1 is 1.18 bits per heavy atom. The number of benzene rings is 1. The number of imidazole rings is 1. The average Bonchev–Trinajstić information content (AvgIpc) is 3.35. The minimum absolute atomic E-state index is 0.0236. The highest BCUT2D eigenvalue weighted by Gasteiger charge is 2.43. The second-order valence-corrected chi connectivity index (χ2v) is 7.83. The number of carbonyl (C=O) groups is 1. The number of aliphatic hydroxyl groups is 1. The van der Waals surface area contributed by atoms with Crippen LogP contribution in [0, 0.1) is 11.8 Å². The van der Waals surface area contributed by atoms with Crippen LogP contribution in [0.2, 0.25) is 0 Å². The van der Waals surface area contributed by atoms with E-state index in [0.29, 0.717) is 31.0 Å². The highest BCUT2D eigenvalue weighted by molar-refractivity contribution is 5.96. The van der Waals surface area contributed by atoms with Crippen LogP contribution in [-0.4, -0.2) is 44.7 Å². The van der Waals surface area contributed by atoms with Crippen molar-refractivity contribution in [1.82, 2.24) is 14.5 Å². The fourth-order valence-corrected chi connectivity index (χ4v) is 4.74. The van der Waals surface area contributed by atoms with E-state index in [1.165, 1.54) is 0 Å². The first-order chi connectivity index (χ1) is 13.6. The molecule has 0 bridgehead atoms. The van der Waals surface area contributed by atoms with Crippen molar-refractivity contribution in [2.24, 2.45) is 11.8 Å². The summed E-state index contributed by atoms with van der Waals surface area (Å²) < 4.78 is 7.27. The van der Waals surface area contributed by atoms with Crippen LogP contribution in [0.1, 0.15) is 29.2 Å². The molecule has 2 fully saturated rings. The lowest BCUT2D eigenvalue weighted by atomic mass is 9.77. The quantitative estimate of drug-likeness (QED) is 0.689. The van der Waals surface area contributed by atoms with Crippen molar-refractivity contribution in [2.75, 3.05) is 13.1 Å². The molecule has 4 atom stereocenters. The Balaban J connectivity index is 1.38. The molecule has 3 heterocycles. The first kappa shape index (κ1) is 17.2. The Morgan fingerprint density at radius 3 is 2.75 bits per heavy atom. The molecule has 28 heavy (non-hydrogen) atoms. The van der Waals surface area contributed by atoms with Gasteiger partial charge in [-0.1, -0.05) is 18.2 Å². The Hall–Kier alpha value is -2.93. The number of rotatable bonds is 2. The Morgan fingerprint density at radius 2 is 1.96 bits per heavy atom. The van der Waals surface area contributed by atoms with Crippen molar-refractivity contribution >= 4 is 16.9 Å². The van der Waals surface area contributed by atoms with E-state index in [1.807, 2.05) is 22.9 Å². The van der Waals surface area contributed by atoms with Gasteiger partial charge in [0.05, 0.1) is 18.5 Å². The van der Waals surface area contributed by atoms with Crippen LogP contribution in [0.3, 0.4) is 0 Å². The van der Waals surface area contributed by atoms with Gasteiger partial charge in [-0.2, -0.15) is 0 Å². The molecule has 1 amide bonds. The van der Waals surface area contributed by atoms with Gasteiger partial charge in [0.15, 0.2) is 0 Å². The first-order valence-electron chi connectivity index (χ1n) is 9.58. The maximum absolute atomic E-state index is 13.0. The molecule has 3 aromatic rings. The van der Waals surface area contributed by atoms with Crippen LogP contribution in [0.4, 0.5) is 0 Å². The number of hydrogen-bond acceptors (Lipinski definition) is 5. The minimum Gasteiger partial charge on any atom is -0.422 e. The van der Waals surface area contributed by atoms with E-state index in [2.05, 4.69) is 4.98 Å². The van der Waals surface area contributed by atoms with Crippen molar-refractivity contribution in [3.05, 3.63) is 65.0 Å². The molecule has 0 spiro atoms. The smallest absolute Gasteiger partial charge is 0.349 e. The molecule has 7 nitrogen and oxygen atoms in total. The molecule has 1 aliphatic carbocycles. The van der Waals surface area contributed by atoms with E-state index in [0.717, 1.165) is 11.8 Å². The van der Waals surface area contributed by atoms with Crippen LogP contribution < -0.4 is 5.63 Å². The highest BCUT2D eigenvalue weighted by atomic mass is 16.4.